The van der Waals surface area contributed by atoms with E-state index in [1.54, 1.807) is 24.3 Å². The second-order valence-electron chi connectivity index (χ2n) is 5.80. The van der Waals surface area contributed by atoms with Crippen LogP contribution in [0.25, 0.3) is 0 Å². The van der Waals surface area contributed by atoms with Gasteiger partial charge in [-0.05, 0) is 49.2 Å². The van der Waals surface area contributed by atoms with Crippen molar-refractivity contribution in [1.82, 2.24) is 0 Å². The van der Waals surface area contributed by atoms with E-state index < -0.39 is 28.9 Å². The molecule has 1 aliphatic carbocycles. The molecule has 2 N–H and O–H groups in total. The third kappa shape index (κ3) is 3.33. The van der Waals surface area contributed by atoms with Crippen molar-refractivity contribution in [2.45, 2.75) is 12.8 Å². The zero-order valence-corrected chi connectivity index (χ0v) is 13.0. The number of benzene rings is 2. The van der Waals surface area contributed by atoms with Crippen LogP contribution in [-0.4, -0.2) is 11.8 Å². The maximum atomic E-state index is 13.7. The number of carbonyl (C=O) groups is 2. The van der Waals surface area contributed by atoms with Gasteiger partial charge in [0.2, 0.25) is 11.8 Å². The van der Waals surface area contributed by atoms with Crippen LogP contribution in [0.2, 0.25) is 0 Å². The van der Waals surface area contributed by atoms with Gasteiger partial charge in [0.1, 0.15) is 17.0 Å². The molecule has 5 nitrogen and oxygen atoms in total. The Morgan fingerprint density at radius 1 is 1.00 bits per heavy atom. The van der Waals surface area contributed by atoms with Crippen LogP contribution >= 0.6 is 0 Å². The van der Waals surface area contributed by atoms with E-state index in [1.165, 1.54) is 0 Å². The monoisotopic (exact) mass is 341 g/mol. The van der Waals surface area contributed by atoms with Gasteiger partial charge in [-0.1, -0.05) is 0 Å². The number of nitrogens with one attached hydrogen (secondary N) is 2. The summed E-state index contributed by atoms with van der Waals surface area (Å²) in [6, 6.07) is 11.0. The van der Waals surface area contributed by atoms with E-state index in [4.69, 9.17) is 5.26 Å². The van der Waals surface area contributed by atoms with Crippen molar-refractivity contribution in [3.05, 3.63) is 59.7 Å². The van der Waals surface area contributed by atoms with Gasteiger partial charge in [0, 0.05) is 11.8 Å². The molecule has 0 heterocycles. The average Bonchev–Trinajstić information content (AvgIpc) is 3.40. The molecular formula is C18H13F2N3O2. The minimum atomic E-state index is -1.27. The minimum Gasteiger partial charge on any atom is -0.325 e. The molecule has 0 atom stereocenters. The zero-order valence-electron chi connectivity index (χ0n) is 13.0. The lowest BCUT2D eigenvalue weighted by molar-refractivity contribution is -0.131. The molecule has 0 spiro atoms. The maximum Gasteiger partial charge on any atom is 0.240 e. The predicted molar refractivity (Wildman–Crippen MR) is 86.4 cm³/mol. The largest absolute Gasteiger partial charge is 0.325 e. The second-order valence-corrected chi connectivity index (χ2v) is 5.80. The number of hydrogen-bond acceptors (Lipinski definition) is 3. The van der Waals surface area contributed by atoms with E-state index in [9.17, 15) is 18.4 Å². The van der Waals surface area contributed by atoms with Crippen LogP contribution in [0.3, 0.4) is 0 Å². The van der Waals surface area contributed by atoms with Gasteiger partial charge < -0.3 is 10.6 Å². The first-order valence-corrected chi connectivity index (χ1v) is 7.53. The van der Waals surface area contributed by atoms with Gasteiger partial charge in [0.15, 0.2) is 0 Å². The molecule has 2 amide bonds. The van der Waals surface area contributed by atoms with E-state index in [2.05, 4.69) is 10.6 Å². The number of nitriles is 1. The third-order valence-electron chi connectivity index (χ3n) is 4.07. The summed E-state index contributed by atoms with van der Waals surface area (Å²) in [6.45, 7) is 0. The van der Waals surface area contributed by atoms with Crippen LogP contribution in [0.15, 0.2) is 42.5 Å². The molecule has 0 saturated heterocycles. The molecule has 7 heteroatoms. The Labute approximate surface area is 142 Å². The third-order valence-corrected chi connectivity index (χ3v) is 4.07. The maximum absolute atomic E-state index is 13.7. The van der Waals surface area contributed by atoms with E-state index in [1.807, 2.05) is 6.07 Å². The first-order valence-electron chi connectivity index (χ1n) is 7.53. The summed E-state index contributed by atoms with van der Waals surface area (Å²) in [6.07, 6.45) is 0.674. The SMILES string of the molecule is N#Cc1ccc(NC(=O)C2(C(=O)Nc3ccc(F)cc3F)CC2)cc1. The summed E-state index contributed by atoms with van der Waals surface area (Å²) >= 11 is 0. The molecular weight excluding hydrogens is 328 g/mol. The Morgan fingerprint density at radius 2 is 1.64 bits per heavy atom. The highest BCUT2D eigenvalue weighted by Gasteiger charge is 2.56. The molecule has 0 aromatic heterocycles. The van der Waals surface area contributed by atoms with Crippen molar-refractivity contribution < 1.29 is 18.4 Å². The Kier molecular flexibility index (Phi) is 4.19. The van der Waals surface area contributed by atoms with Crippen molar-refractivity contribution in [2.75, 3.05) is 10.6 Å². The Hall–Kier alpha value is -3.27. The van der Waals surface area contributed by atoms with Crippen LogP contribution in [0.5, 0.6) is 0 Å². The Bertz CT molecular complexity index is 884. The molecule has 2 aromatic carbocycles. The normalized spacial score (nSPS) is 14.3. The lowest BCUT2D eigenvalue weighted by atomic mass is 10.0. The average molecular weight is 341 g/mol. The van der Waals surface area contributed by atoms with Crippen molar-refractivity contribution in [1.29, 1.82) is 5.26 Å². The van der Waals surface area contributed by atoms with Crippen molar-refractivity contribution in [2.24, 2.45) is 5.41 Å². The molecule has 1 fully saturated rings. The molecule has 2 aromatic rings. The quantitative estimate of drug-likeness (QED) is 0.838. The Morgan fingerprint density at radius 3 is 2.20 bits per heavy atom. The van der Waals surface area contributed by atoms with E-state index >= 15 is 0 Å². The van der Waals surface area contributed by atoms with E-state index in [0.717, 1.165) is 12.1 Å². The van der Waals surface area contributed by atoms with Gasteiger partial charge in [-0.2, -0.15) is 5.26 Å². The fraction of sp³-hybridized carbons (Fsp3) is 0.167. The molecule has 0 bridgehead atoms. The molecule has 0 aliphatic heterocycles. The zero-order chi connectivity index (χ0) is 18.0. The summed E-state index contributed by atoms with van der Waals surface area (Å²) in [5.41, 5.74) is -0.544. The smallest absolute Gasteiger partial charge is 0.240 e. The highest BCUT2D eigenvalue weighted by molar-refractivity contribution is 6.16. The van der Waals surface area contributed by atoms with Crippen LogP contribution < -0.4 is 10.6 Å². The van der Waals surface area contributed by atoms with Crippen LogP contribution in [0, 0.1) is 28.4 Å². The number of hydrogen-bond donors (Lipinski definition) is 2. The molecule has 3 rings (SSSR count). The predicted octanol–water partition coefficient (Wildman–Crippen LogP) is 3.19. The molecule has 1 saturated carbocycles. The molecule has 0 unspecified atom stereocenters. The number of amides is 2. The van der Waals surface area contributed by atoms with E-state index in [0.29, 0.717) is 30.2 Å². The fourth-order valence-electron chi connectivity index (χ4n) is 2.39. The lowest BCUT2D eigenvalue weighted by Gasteiger charge is -2.16. The Balaban J connectivity index is 1.71. The highest BCUT2D eigenvalue weighted by Crippen LogP contribution is 2.47. The summed E-state index contributed by atoms with van der Waals surface area (Å²) in [4.78, 5) is 24.8. The topological polar surface area (TPSA) is 82.0 Å². The van der Waals surface area contributed by atoms with Gasteiger partial charge in [-0.3, -0.25) is 9.59 Å². The standard InChI is InChI=1S/C18H13F2N3O2/c19-12-3-6-15(14(20)9-12)23-17(25)18(7-8-18)16(24)22-13-4-1-11(10-21)2-5-13/h1-6,9H,7-8H2,(H,22,24)(H,23,25). The van der Waals surface area contributed by atoms with Crippen molar-refractivity contribution in [3.63, 3.8) is 0 Å². The number of nitrogens with zero attached hydrogens (tertiary/aromatic N) is 1. The summed E-state index contributed by atoms with van der Waals surface area (Å²) in [5, 5.41) is 13.7. The van der Waals surface area contributed by atoms with Gasteiger partial charge in [-0.25, -0.2) is 8.78 Å². The van der Waals surface area contributed by atoms with Gasteiger partial charge in [0.25, 0.3) is 0 Å². The van der Waals surface area contributed by atoms with Crippen molar-refractivity contribution in [3.8, 4) is 6.07 Å². The van der Waals surface area contributed by atoms with Gasteiger partial charge >= 0.3 is 0 Å². The van der Waals surface area contributed by atoms with Gasteiger partial charge in [0.05, 0.1) is 17.3 Å². The molecule has 0 radical (unpaired) electrons. The lowest BCUT2D eigenvalue weighted by Crippen LogP contribution is -2.35. The molecule has 25 heavy (non-hydrogen) atoms. The highest BCUT2D eigenvalue weighted by atomic mass is 19.1. The minimum absolute atomic E-state index is 0.177. The number of halogens is 2. The van der Waals surface area contributed by atoms with Gasteiger partial charge in [-0.15, -0.1) is 0 Å². The first kappa shape index (κ1) is 16.6. The summed E-state index contributed by atoms with van der Waals surface area (Å²) in [7, 11) is 0. The molecule has 126 valence electrons. The first-order chi connectivity index (χ1) is 11.9. The number of carbonyl (C=O) groups excluding carboxylic acids is 2. The van der Waals surface area contributed by atoms with Crippen LogP contribution in [-0.2, 0) is 9.59 Å². The fourth-order valence-corrected chi connectivity index (χ4v) is 2.39. The van der Waals surface area contributed by atoms with E-state index in [-0.39, 0.29) is 5.69 Å². The molecule has 1 aliphatic rings. The summed E-state index contributed by atoms with van der Waals surface area (Å²) in [5.74, 6) is -2.80. The summed E-state index contributed by atoms with van der Waals surface area (Å²) < 4.78 is 26.6. The second kappa shape index (κ2) is 6.32. The number of rotatable bonds is 4. The number of anilines is 2. The van der Waals surface area contributed by atoms with Crippen molar-refractivity contribution >= 4 is 23.2 Å². The van der Waals surface area contributed by atoms with Crippen LogP contribution in [0.1, 0.15) is 18.4 Å². The van der Waals surface area contributed by atoms with Crippen LogP contribution in [0.4, 0.5) is 20.2 Å².